The predicted molar refractivity (Wildman–Crippen MR) is 65.5 cm³/mol. The van der Waals surface area contributed by atoms with Crippen LogP contribution in [0, 0.1) is 11.8 Å². The number of aliphatic hydroxyl groups is 1. The van der Waals surface area contributed by atoms with E-state index in [2.05, 4.69) is 26.5 Å². The average molecular weight is 236 g/mol. The van der Waals surface area contributed by atoms with Crippen LogP contribution in [0.15, 0.2) is 24.3 Å². The van der Waals surface area contributed by atoms with Gasteiger partial charge in [-0.1, -0.05) is 38.2 Å². The number of carbonyl (C=O) groups excluding carboxylic acids is 1. The average Bonchev–Trinajstić information content (AvgIpc) is 3.00. The molecule has 1 N–H and O–H groups in total. The number of hydrogen-bond donors (Lipinski definition) is 1. The van der Waals surface area contributed by atoms with Crippen molar-refractivity contribution in [1.29, 1.82) is 0 Å². The first-order chi connectivity index (χ1) is 7.99. The Balaban J connectivity index is 2.15. The van der Waals surface area contributed by atoms with Gasteiger partial charge >= 0.3 is 0 Å². The van der Waals surface area contributed by atoms with Crippen LogP contribution in [0.1, 0.15) is 26.7 Å². The van der Waals surface area contributed by atoms with Gasteiger partial charge in [0.15, 0.2) is 5.78 Å². The van der Waals surface area contributed by atoms with Gasteiger partial charge in [0.2, 0.25) is 0 Å². The molecule has 0 aromatic rings. The van der Waals surface area contributed by atoms with Gasteiger partial charge in [-0.25, -0.2) is 0 Å². The number of fused-ring (bicyclic) bond motifs is 1. The molecule has 1 saturated heterocycles. The lowest BCUT2D eigenvalue weighted by Gasteiger charge is -2.20. The van der Waals surface area contributed by atoms with Gasteiger partial charge in [0.1, 0.15) is 12.2 Å². The van der Waals surface area contributed by atoms with E-state index in [0.717, 1.165) is 5.57 Å². The Kier molecular flexibility index (Phi) is 3.50. The SMILES string of the molecule is C=C1/C=C/[C@H](C(C)C)CC(O)C(=O)[C@@H]2O[C@@H]2C1. The number of epoxide rings is 1. The van der Waals surface area contributed by atoms with Gasteiger partial charge < -0.3 is 9.84 Å². The first-order valence-electron chi connectivity index (χ1n) is 6.22. The van der Waals surface area contributed by atoms with Crippen LogP contribution in [0.4, 0.5) is 0 Å². The molecule has 1 aliphatic carbocycles. The number of carbonyl (C=O) groups is 1. The summed E-state index contributed by atoms with van der Waals surface area (Å²) in [6.07, 6.45) is 3.87. The van der Waals surface area contributed by atoms with E-state index < -0.39 is 12.2 Å². The van der Waals surface area contributed by atoms with Crippen molar-refractivity contribution < 1.29 is 14.6 Å². The fraction of sp³-hybridized carbons (Fsp3) is 0.643. The first kappa shape index (κ1) is 12.5. The standard InChI is InChI=1S/C14H20O3/c1-8(2)10-5-4-9(3)6-12-14(17-12)13(16)11(15)7-10/h4-5,8,10-12,14-15H,3,6-7H2,1-2H3/b5-4+/t10-,11?,12+,14+/m0/s1. The van der Waals surface area contributed by atoms with Gasteiger partial charge in [-0.3, -0.25) is 4.79 Å². The van der Waals surface area contributed by atoms with Crippen molar-refractivity contribution in [3.63, 3.8) is 0 Å². The molecule has 0 radical (unpaired) electrons. The van der Waals surface area contributed by atoms with Gasteiger partial charge in [0, 0.05) is 6.42 Å². The minimum atomic E-state index is -0.895. The maximum absolute atomic E-state index is 11.9. The zero-order chi connectivity index (χ0) is 12.6. The summed E-state index contributed by atoms with van der Waals surface area (Å²) < 4.78 is 5.29. The summed E-state index contributed by atoms with van der Waals surface area (Å²) in [5, 5.41) is 9.90. The summed E-state index contributed by atoms with van der Waals surface area (Å²) in [5.74, 6) is 0.446. The minimum Gasteiger partial charge on any atom is -0.385 e. The van der Waals surface area contributed by atoms with Crippen molar-refractivity contribution in [2.45, 2.75) is 45.0 Å². The van der Waals surface area contributed by atoms with Crippen LogP contribution in [0.25, 0.3) is 0 Å². The molecular formula is C14H20O3. The molecule has 17 heavy (non-hydrogen) atoms. The van der Waals surface area contributed by atoms with Crippen LogP contribution in [0.3, 0.4) is 0 Å². The van der Waals surface area contributed by atoms with Crippen LogP contribution >= 0.6 is 0 Å². The second-order valence-corrected chi connectivity index (χ2v) is 5.38. The van der Waals surface area contributed by atoms with Crippen molar-refractivity contribution >= 4 is 5.78 Å². The maximum atomic E-state index is 11.9. The molecule has 4 atom stereocenters. The van der Waals surface area contributed by atoms with Crippen LogP contribution in [-0.4, -0.2) is 29.2 Å². The molecule has 2 aliphatic rings. The summed E-state index contributed by atoms with van der Waals surface area (Å²) >= 11 is 0. The monoisotopic (exact) mass is 236 g/mol. The number of Topliss-reactive ketones (excluding diaryl/α,β-unsaturated/α-hetero) is 1. The molecule has 1 unspecified atom stereocenters. The van der Waals surface area contributed by atoms with E-state index in [4.69, 9.17) is 4.74 Å². The quantitative estimate of drug-likeness (QED) is 0.707. The smallest absolute Gasteiger partial charge is 0.192 e. The van der Waals surface area contributed by atoms with Crippen LogP contribution in [0.2, 0.25) is 0 Å². The fourth-order valence-electron chi connectivity index (χ4n) is 2.27. The second kappa shape index (κ2) is 4.75. The summed E-state index contributed by atoms with van der Waals surface area (Å²) in [5.41, 5.74) is 0.993. The maximum Gasteiger partial charge on any atom is 0.192 e. The third kappa shape index (κ3) is 2.85. The molecule has 1 fully saturated rings. The topological polar surface area (TPSA) is 49.8 Å². The summed E-state index contributed by atoms with van der Waals surface area (Å²) in [6, 6.07) is 0. The number of rotatable bonds is 1. The van der Waals surface area contributed by atoms with Crippen LogP contribution < -0.4 is 0 Å². The molecule has 0 amide bonds. The van der Waals surface area contributed by atoms with Crippen molar-refractivity contribution in [2.75, 3.05) is 0 Å². The Hall–Kier alpha value is -0.930. The molecule has 3 heteroatoms. The summed E-state index contributed by atoms with van der Waals surface area (Å²) in [6.45, 7) is 8.15. The van der Waals surface area contributed by atoms with E-state index in [1.54, 1.807) is 0 Å². The number of allylic oxidation sites excluding steroid dienone is 2. The molecule has 3 nitrogen and oxygen atoms in total. The Bertz CT molecular complexity index is 356. The Labute approximate surface area is 102 Å². The predicted octanol–water partition coefficient (Wildman–Crippen LogP) is 1.86. The Morgan fingerprint density at radius 1 is 1.53 bits per heavy atom. The van der Waals surface area contributed by atoms with Gasteiger partial charge in [-0.2, -0.15) is 0 Å². The van der Waals surface area contributed by atoms with Crippen LogP contribution in [0.5, 0.6) is 0 Å². The van der Waals surface area contributed by atoms with E-state index in [9.17, 15) is 9.90 Å². The van der Waals surface area contributed by atoms with Crippen LogP contribution in [-0.2, 0) is 9.53 Å². The molecule has 0 saturated carbocycles. The van der Waals surface area contributed by atoms with E-state index in [1.165, 1.54) is 0 Å². The first-order valence-corrected chi connectivity index (χ1v) is 6.22. The molecule has 0 aromatic carbocycles. The van der Waals surface area contributed by atoms with E-state index >= 15 is 0 Å². The van der Waals surface area contributed by atoms with Crippen molar-refractivity contribution in [2.24, 2.45) is 11.8 Å². The van der Waals surface area contributed by atoms with Gasteiger partial charge in [0.25, 0.3) is 0 Å². The lowest BCUT2D eigenvalue weighted by molar-refractivity contribution is -0.129. The highest BCUT2D eigenvalue weighted by Crippen LogP contribution is 2.33. The van der Waals surface area contributed by atoms with E-state index in [0.29, 0.717) is 18.8 Å². The number of ketones is 1. The highest BCUT2D eigenvalue weighted by atomic mass is 16.6. The largest absolute Gasteiger partial charge is 0.385 e. The van der Waals surface area contributed by atoms with Crippen molar-refractivity contribution in [3.05, 3.63) is 24.3 Å². The number of aliphatic hydroxyl groups excluding tert-OH is 1. The van der Waals surface area contributed by atoms with Gasteiger partial charge in [0.05, 0.1) is 6.10 Å². The highest BCUT2D eigenvalue weighted by Gasteiger charge is 2.47. The number of hydrogen-bond acceptors (Lipinski definition) is 3. The molecule has 0 spiro atoms. The van der Waals surface area contributed by atoms with Gasteiger partial charge in [-0.05, 0) is 18.3 Å². The van der Waals surface area contributed by atoms with E-state index in [-0.39, 0.29) is 17.8 Å². The zero-order valence-corrected chi connectivity index (χ0v) is 10.4. The normalized spacial score (nSPS) is 40.0. The van der Waals surface area contributed by atoms with Crippen molar-refractivity contribution in [1.82, 2.24) is 0 Å². The molecule has 0 bridgehead atoms. The fourth-order valence-corrected chi connectivity index (χ4v) is 2.27. The van der Waals surface area contributed by atoms with Crippen molar-refractivity contribution in [3.8, 4) is 0 Å². The van der Waals surface area contributed by atoms with E-state index in [1.807, 2.05) is 6.08 Å². The third-order valence-electron chi connectivity index (χ3n) is 3.59. The second-order valence-electron chi connectivity index (χ2n) is 5.38. The zero-order valence-electron chi connectivity index (χ0n) is 10.4. The molecule has 0 aromatic heterocycles. The Morgan fingerprint density at radius 3 is 2.88 bits per heavy atom. The lowest BCUT2D eigenvalue weighted by atomic mass is 9.86. The molecule has 94 valence electrons. The lowest BCUT2D eigenvalue weighted by Crippen LogP contribution is -2.30. The third-order valence-corrected chi connectivity index (χ3v) is 3.59. The molecule has 1 aliphatic heterocycles. The summed E-state index contributed by atoms with van der Waals surface area (Å²) in [4.78, 5) is 11.9. The highest BCUT2D eigenvalue weighted by molar-refractivity contribution is 5.89. The molecule has 1 heterocycles. The number of ether oxygens (including phenoxy) is 1. The Morgan fingerprint density at radius 2 is 2.24 bits per heavy atom. The van der Waals surface area contributed by atoms with Gasteiger partial charge in [-0.15, -0.1) is 0 Å². The summed E-state index contributed by atoms with van der Waals surface area (Å²) in [7, 11) is 0. The molecule has 2 rings (SSSR count). The minimum absolute atomic E-state index is 0.0649. The molecular weight excluding hydrogens is 216 g/mol.